The first-order valence-corrected chi connectivity index (χ1v) is 23.3. The Balaban J connectivity index is 4.43. The second-order valence-corrected chi connectivity index (χ2v) is 16.2. The van der Waals surface area contributed by atoms with Crippen molar-refractivity contribution in [3.63, 3.8) is 0 Å². The molecular weight excluding hydrogens is 699 g/mol. The smallest absolute Gasteiger partial charge is 0.393 e. The molecule has 54 heavy (non-hydrogen) atoms. The van der Waals surface area contributed by atoms with Gasteiger partial charge in [-0.3, -0.25) is 13.8 Å². The molecule has 0 saturated carbocycles. The number of aliphatic hydroxyl groups excluding tert-OH is 2. The first-order chi connectivity index (χ1) is 26.3. The molecule has 316 valence electrons. The quantitative estimate of drug-likeness (QED) is 0.0234. The lowest BCUT2D eigenvalue weighted by atomic mass is 10.0. The molecule has 0 aromatic rings. The molecule has 10 heteroatoms. The summed E-state index contributed by atoms with van der Waals surface area (Å²) in [5.74, 6) is -0.470. The van der Waals surface area contributed by atoms with Crippen LogP contribution in [0.15, 0.2) is 48.6 Å². The number of hydrogen-bond acceptors (Lipinski definition) is 7. The Morgan fingerprint density at radius 1 is 0.630 bits per heavy atom. The molecule has 4 unspecified atom stereocenters. The minimum atomic E-state index is -4.41. The van der Waals surface area contributed by atoms with Crippen LogP contribution in [0.4, 0.5) is 0 Å². The zero-order chi connectivity index (χ0) is 39.8. The molecule has 0 saturated heterocycles. The zero-order valence-electron chi connectivity index (χ0n) is 34.6. The Hall–Kier alpha value is -1.58. The first-order valence-electron chi connectivity index (χ1n) is 21.8. The van der Waals surface area contributed by atoms with Crippen molar-refractivity contribution < 1.29 is 33.5 Å². The summed E-state index contributed by atoms with van der Waals surface area (Å²) >= 11 is 0. The van der Waals surface area contributed by atoms with E-state index in [9.17, 15) is 24.5 Å². The van der Waals surface area contributed by atoms with Crippen LogP contribution < -0.4 is 11.1 Å². The highest BCUT2D eigenvalue weighted by atomic mass is 31.2. The predicted molar refractivity (Wildman–Crippen MR) is 227 cm³/mol. The number of nitrogens with two attached hydrogens (primary N) is 1. The number of hydrogen-bond donors (Lipinski definition) is 5. The van der Waals surface area contributed by atoms with E-state index >= 15 is 0 Å². The predicted octanol–water partition coefficient (Wildman–Crippen LogP) is 11.1. The summed E-state index contributed by atoms with van der Waals surface area (Å²) in [6, 6.07) is -1.01. The van der Waals surface area contributed by atoms with E-state index in [0.29, 0.717) is 12.8 Å². The third kappa shape index (κ3) is 37.3. The summed E-state index contributed by atoms with van der Waals surface area (Å²) in [6.45, 7) is 3.92. The monoisotopic (exact) mass is 783 g/mol. The van der Waals surface area contributed by atoms with Crippen LogP contribution in [0.2, 0.25) is 0 Å². The number of carbonyl (C=O) groups is 1. The van der Waals surface area contributed by atoms with E-state index in [-0.39, 0.29) is 19.6 Å². The molecular formula is C44H83N2O7P. The fourth-order valence-corrected chi connectivity index (χ4v) is 6.84. The molecule has 0 aromatic carbocycles. The van der Waals surface area contributed by atoms with Gasteiger partial charge in [0.1, 0.15) is 0 Å². The normalized spacial score (nSPS) is 15.1. The van der Waals surface area contributed by atoms with Crippen LogP contribution in [-0.2, 0) is 18.4 Å². The van der Waals surface area contributed by atoms with Gasteiger partial charge in [0.25, 0.3) is 0 Å². The first kappa shape index (κ1) is 52.4. The lowest BCUT2D eigenvalue weighted by molar-refractivity contribution is -0.124. The molecule has 0 aliphatic carbocycles. The van der Waals surface area contributed by atoms with Gasteiger partial charge in [0.05, 0.1) is 37.9 Å². The number of phosphoric acid groups is 1. The average Bonchev–Trinajstić information content (AvgIpc) is 3.15. The van der Waals surface area contributed by atoms with Crippen LogP contribution in [0.1, 0.15) is 187 Å². The van der Waals surface area contributed by atoms with Gasteiger partial charge in [-0.2, -0.15) is 0 Å². The van der Waals surface area contributed by atoms with Gasteiger partial charge < -0.3 is 26.2 Å². The van der Waals surface area contributed by atoms with Gasteiger partial charge in [0.15, 0.2) is 0 Å². The Labute approximate surface area is 331 Å². The number of carbonyl (C=O) groups excluding carboxylic acids is 1. The molecule has 0 aliphatic rings. The fourth-order valence-electron chi connectivity index (χ4n) is 6.08. The van der Waals surface area contributed by atoms with Crippen LogP contribution in [0, 0.1) is 0 Å². The maximum absolute atomic E-state index is 12.8. The molecule has 0 aromatic heterocycles. The Morgan fingerprint density at radius 3 is 1.54 bits per heavy atom. The molecule has 0 radical (unpaired) electrons. The van der Waals surface area contributed by atoms with Crippen LogP contribution in [0.5, 0.6) is 0 Å². The van der Waals surface area contributed by atoms with Gasteiger partial charge in [0.2, 0.25) is 5.91 Å². The number of unbranched alkanes of at least 4 members (excludes halogenated alkanes) is 20. The van der Waals surface area contributed by atoms with E-state index in [1.54, 1.807) is 6.08 Å². The van der Waals surface area contributed by atoms with E-state index in [0.717, 1.165) is 57.8 Å². The zero-order valence-corrected chi connectivity index (χ0v) is 35.5. The van der Waals surface area contributed by atoms with Crippen molar-refractivity contribution in [3.8, 4) is 0 Å². The van der Waals surface area contributed by atoms with Gasteiger partial charge >= 0.3 is 7.82 Å². The number of allylic oxidation sites excluding steroid dienone is 7. The largest absolute Gasteiger partial charge is 0.472 e. The standard InChI is InChI=1S/C44H83N2O7P/c1-3-5-7-9-11-13-15-17-19-21-23-25-27-29-31-33-35-41(47)39-44(49)46-42(40-53-54(50,51)52-38-37-45)43(48)36-34-32-30-28-26-24-22-20-18-16-14-12-10-8-6-4-2/h18,20,23,25-26,28,34,36,41-43,47-48H,3-17,19,21-22,24,27,29-33,35,37-40,45H2,1-2H3,(H,46,49)(H,50,51)/b20-18+,25-23-,28-26+,36-34+. The van der Waals surface area contributed by atoms with Gasteiger partial charge in [-0.25, -0.2) is 4.57 Å². The maximum Gasteiger partial charge on any atom is 0.472 e. The van der Waals surface area contributed by atoms with Crippen LogP contribution in [-0.4, -0.2) is 59.0 Å². The number of rotatable bonds is 40. The molecule has 0 rings (SSSR count). The number of phosphoric ester groups is 1. The lowest BCUT2D eigenvalue weighted by Gasteiger charge is -2.24. The summed E-state index contributed by atoms with van der Waals surface area (Å²) in [5, 5.41) is 24.0. The number of amides is 1. The van der Waals surface area contributed by atoms with Crippen molar-refractivity contribution in [1.29, 1.82) is 0 Å². The molecule has 4 atom stereocenters. The summed E-state index contributed by atoms with van der Waals surface area (Å²) in [6.07, 6.45) is 44.8. The van der Waals surface area contributed by atoms with Crippen molar-refractivity contribution >= 4 is 13.7 Å². The lowest BCUT2D eigenvalue weighted by Crippen LogP contribution is -2.46. The minimum Gasteiger partial charge on any atom is -0.393 e. The third-order valence-corrected chi connectivity index (χ3v) is 10.4. The van der Waals surface area contributed by atoms with Crippen molar-refractivity contribution in [2.45, 2.75) is 205 Å². The minimum absolute atomic E-state index is 0.0395. The van der Waals surface area contributed by atoms with E-state index in [2.05, 4.69) is 55.6 Å². The molecule has 0 fully saturated rings. The molecule has 0 aliphatic heterocycles. The Bertz CT molecular complexity index is 1000. The Morgan fingerprint density at radius 2 is 1.06 bits per heavy atom. The fraction of sp³-hybridized carbons (Fsp3) is 0.795. The van der Waals surface area contributed by atoms with Crippen molar-refractivity contribution in [3.05, 3.63) is 48.6 Å². The molecule has 9 nitrogen and oxygen atoms in total. The molecule has 0 spiro atoms. The number of aliphatic hydroxyl groups is 2. The van der Waals surface area contributed by atoms with Crippen molar-refractivity contribution in [1.82, 2.24) is 5.32 Å². The van der Waals surface area contributed by atoms with E-state index in [1.807, 2.05) is 6.08 Å². The highest BCUT2D eigenvalue weighted by Crippen LogP contribution is 2.43. The molecule has 0 bridgehead atoms. The van der Waals surface area contributed by atoms with Crippen molar-refractivity contribution in [2.75, 3.05) is 19.8 Å². The summed E-state index contributed by atoms with van der Waals surface area (Å²) in [5.41, 5.74) is 5.36. The topological polar surface area (TPSA) is 151 Å². The van der Waals surface area contributed by atoms with Crippen molar-refractivity contribution in [2.24, 2.45) is 5.73 Å². The highest BCUT2D eigenvalue weighted by molar-refractivity contribution is 7.47. The number of nitrogens with one attached hydrogen (secondary N) is 1. The third-order valence-electron chi connectivity index (χ3n) is 9.41. The van der Waals surface area contributed by atoms with Gasteiger partial charge in [-0.15, -0.1) is 0 Å². The molecule has 6 N–H and O–H groups in total. The Kier molecular flexibility index (Phi) is 38.5. The maximum atomic E-state index is 12.8. The second kappa shape index (κ2) is 39.6. The van der Waals surface area contributed by atoms with Crippen LogP contribution >= 0.6 is 7.82 Å². The summed E-state index contributed by atoms with van der Waals surface area (Å²) in [7, 11) is -4.41. The summed E-state index contributed by atoms with van der Waals surface area (Å²) < 4.78 is 22.0. The summed E-state index contributed by atoms with van der Waals surface area (Å²) in [4.78, 5) is 22.7. The van der Waals surface area contributed by atoms with E-state index in [4.69, 9.17) is 14.8 Å². The van der Waals surface area contributed by atoms with Gasteiger partial charge in [-0.05, 0) is 70.6 Å². The highest BCUT2D eigenvalue weighted by Gasteiger charge is 2.27. The van der Waals surface area contributed by atoms with Gasteiger partial charge in [-0.1, -0.05) is 159 Å². The molecule has 0 heterocycles. The van der Waals surface area contributed by atoms with Crippen LogP contribution in [0.25, 0.3) is 0 Å². The molecule has 1 amide bonds. The van der Waals surface area contributed by atoms with E-state index < -0.39 is 38.6 Å². The van der Waals surface area contributed by atoms with Crippen LogP contribution in [0.3, 0.4) is 0 Å². The second-order valence-electron chi connectivity index (χ2n) is 14.7. The SMILES string of the molecule is CCCCCCCC/C=C/CC/C=C/CC/C=C/C(O)C(COP(=O)(O)OCCN)NC(=O)CC(O)CCCCC/C=C\CCCCCCCCCCC. The van der Waals surface area contributed by atoms with Gasteiger partial charge in [0, 0.05) is 6.54 Å². The van der Waals surface area contributed by atoms with E-state index in [1.165, 1.54) is 96.3 Å². The average molecular weight is 783 g/mol.